The summed E-state index contributed by atoms with van der Waals surface area (Å²) in [7, 11) is 0. The van der Waals surface area contributed by atoms with Crippen molar-refractivity contribution < 1.29 is 14.3 Å². The highest BCUT2D eigenvalue weighted by atomic mass is 35.5. The summed E-state index contributed by atoms with van der Waals surface area (Å²) in [5, 5.41) is 3.30. The minimum atomic E-state index is -0.591. The molecule has 192 valence electrons. The third-order valence-corrected chi connectivity index (χ3v) is 6.25. The number of ether oxygens (including phenoxy) is 2. The van der Waals surface area contributed by atoms with Crippen LogP contribution >= 0.6 is 11.6 Å². The molecule has 0 saturated carbocycles. The van der Waals surface area contributed by atoms with Crippen LogP contribution in [-0.4, -0.2) is 46.3 Å². The van der Waals surface area contributed by atoms with Gasteiger partial charge in [-0.25, -0.2) is 10.6 Å². The number of aromatic amines is 1. The number of hydrogen-bond acceptors (Lipinski definition) is 6. The topological polar surface area (TPSA) is 110 Å². The molecule has 1 aromatic heterocycles. The van der Waals surface area contributed by atoms with Crippen molar-refractivity contribution in [1.29, 1.82) is 0 Å². The zero-order valence-electron chi connectivity index (χ0n) is 21.0. The molecule has 2 heterocycles. The van der Waals surface area contributed by atoms with Crippen LogP contribution in [0.1, 0.15) is 50.1 Å². The van der Waals surface area contributed by atoms with Crippen LogP contribution < -0.4 is 16.3 Å². The molecular formula is C27H34ClN5O3. The lowest BCUT2D eigenvalue weighted by Crippen LogP contribution is -2.43. The molecule has 8 nitrogen and oxygen atoms in total. The molecule has 0 radical (unpaired) electrons. The fourth-order valence-corrected chi connectivity index (χ4v) is 4.67. The SMILES string of the molecule is CC(C)(C)OC(=O)N1CCc2c([nH]c3ccc(Cl)cc23)[C@@H]1c1ccc(OCCCN(N)/C=C\N)cc1. The Morgan fingerprint density at radius 2 is 2.00 bits per heavy atom. The van der Waals surface area contributed by atoms with Gasteiger partial charge < -0.3 is 25.2 Å². The average Bonchev–Trinajstić information content (AvgIpc) is 3.18. The number of hydrazine groups is 1. The molecule has 1 atom stereocenters. The number of carbonyl (C=O) groups excluding carboxylic acids is 1. The van der Waals surface area contributed by atoms with Crippen molar-refractivity contribution in [1.82, 2.24) is 14.9 Å². The summed E-state index contributed by atoms with van der Waals surface area (Å²) >= 11 is 6.29. The number of hydrogen-bond donors (Lipinski definition) is 3. The van der Waals surface area contributed by atoms with Crippen LogP contribution in [0.2, 0.25) is 5.02 Å². The maximum Gasteiger partial charge on any atom is 0.411 e. The molecule has 2 aromatic carbocycles. The lowest BCUT2D eigenvalue weighted by atomic mass is 9.92. The monoisotopic (exact) mass is 511 g/mol. The first kappa shape index (κ1) is 25.7. The van der Waals surface area contributed by atoms with E-state index >= 15 is 0 Å². The van der Waals surface area contributed by atoms with Crippen LogP contribution in [0.4, 0.5) is 4.79 Å². The Kier molecular flexibility index (Phi) is 7.66. The molecule has 0 saturated heterocycles. The summed E-state index contributed by atoms with van der Waals surface area (Å²) in [4.78, 5) is 18.6. The van der Waals surface area contributed by atoms with Gasteiger partial charge in [-0.1, -0.05) is 23.7 Å². The van der Waals surface area contributed by atoms with Crippen LogP contribution in [-0.2, 0) is 11.2 Å². The molecule has 0 spiro atoms. The van der Waals surface area contributed by atoms with Crippen LogP contribution in [0.25, 0.3) is 10.9 Å². The predicted molar refractivity (Wildman–Crippen MR) is 143 cm³/mol. The van der Waals surface area contributed by atoms with Crippen molar-refractivity contribution in [3.05, 3.63) is 76.7 Å². The number of H-pyrrole nitrogens is 1. The Morgan fingerprint density at radius 3 is 2.69 bits per heavy atom. The van der Waals surface area contributed by atoms with Crippen molar-refractivity contribution >= 4 is 28.6 Å². The van der Waals surface area contributed by atoms with Gasteiger partial charge in [-0.2, -0.15) is 0 Å². The van der Waals surface area contributed by atoms with Gasteiger partial charge in [-0.3, -0.25) is 4.90 Å². The standard InChI is InChI=1S/C27H34ClN5O3/c1-27(2,3)36-26(34)33-14-11-21-22-17-19(28)7-10-23(22)31-24(21)25(33)18-5-8-20(9-6-18)35-16-4-13-32(30)15-12-29/h5-10,12,15,17,25,31H,4,11,13-14,16,29-30H2,1-3H3/b15-12-/t25-/m0/s1. The van der Waals surface area contributed by atoms with E-state index in [2.05, 4.69) is 4.98 Å². The largest absolute Gasteiger partial charge is 0.494 e. The molecule has 3 aromatic rings. The molecule has 0 fully saturated rings. The highest BCUT2D eigenvalue weighted by Gasteiger charge is 2.36. The van der Waals surface area contributed by atoms with Gasteiger partial charge in [0.15, 0.2) is 0 Å². The van der Waals surface area contributed by atoms with E-state index in [1.54, 1.807) is 11.1 Å². The second kappa shape index (κ2) is 10.7. The molecule has 1 aliphatic heterocycles. The van der Waals surface area contributed by atoms with Crippen LogP contribution in [0.15, 0.2) is 54.9 Å². The lowest BCUT2D eigenvalue weighted by Gasteiger charge is -2.37. The highest BCUT2D eigenvalue weighted by molar-refractivity contribution is 6.31. The number of rotatable bonds is 7. The normalized spacial score (nSPS) is 15.8. The zero-order valence-corrected chi connectivity index (χ0v) is 21.7. The number of nitrogens with two attached hydrogens (primary N) is 2. The van der Waals surface area contributed by atoms with Gasteiger partial charge >= 0.3 is 6.09 Å². The summed E-state index contributed by atoms with van der Waals surface area (Å²) in [6.45, 7) is 7.32. The molecule has 0 unspecified atom stereocenters. The van der Waals surface area contributed by atoms with E-state index in [9.17, 15) is 4.79 Å². The molecule has 1 amide bonds. The van der Waals surface area contributed by atoms with Crippen molar-refractivity contribution in [2.45, 2.75) is 45.3 Å². The number of carbonyl (C=O) groups is 1. The highest BCUT2D eigenvalue weighted by Crippen LogP contribution is 2.40. The van der Waals surface area contributed by atoms with E-state index in [4.69, 9.17) is 32.7 Å². The first-order valence-corrected chi connectivity index (χ1v) is 12.5. The van der Waals surface area contributed by atoms with Gasteiger partial charge in [-0.05, 0) is 68.7 Å². The smallest absolute Gasteiger partial charge is 0.411 e. The quantitative estimate of drug-likeness (QED) is 0.232. The molecule has 4 rings (SSSR count). The fraction of sp³-hybridized carbons (Fsp3) is 0.370. The summed E-state index contributed by atoms with van der Waals surface area (Å²) in [5.41, 5.74) is 8.87. The van der Waals surface area contributed by atoms with E-state index in [0.717, 1.165) is 34.3 Å². The minimum absolute atomic E-state index is 0.322. The van der Waals surface area contributed by atoms with E-state index in [0.29, 0.717) is 31.1 Å². The molecule has 9 heteroatoms. The summed E-state index contributed by atoms with van der Waals surface area (Å²) in [6, 6.07) is 13.4. The average molecular weight is 512 g/mol. The molecule has 0 bridgehead atoms. The van der Waals surface area contributed by atoms with E-state index in [1.807, 2.05) is 63.2 Å². The fourth-order valence-electron chi connectivity index (χ4n) is 4.49. The Hall–Kier alpha value is -3.36. The van der Waals surface area contributed by atoms with E-state index in [1.165, 1.54) is 16.8 Å². The Labute approximate surface area is 216 Å². The summed E-state index contributed by atoms with van der Waals surface area (Å²) < 4.78 is 11.6. The summed E-state index contributed by atoms with van der Waals surface area (Å²) in [5.74, 6) is 6.53. The number of nitrogens with one attached hydrogen (secondary N) is 1. The molecular weight excluding hydrogens is 478 g/mol. The molecule has 0 aliphatic carbocycles. The maximum atomic E-state index is 13.2. The van der Waals surface area contributed by atoms with Gasteiger partial charge in [0.25, 0.3) is 0 Å². The van der Waals surface area contributed by atoms with Crippen molar-refractivity contribution in [3.63, 3.8) is 0 Å². The predicted octanol–water partition coefficient (Wildman–Crippen LogP) is 5.08. The number of halogens is 1. The second-order valence-electron chi connectivity index (χ2n) is 9.88. The molecule has 5 N–H and O–H groups in total. The molecule has 1 aliphatic rings. The Balaban J connectivity index is 1.59. The minimum Gasteiger partial charge on any atom is -0.494 e. The molecule has 36 heavy (non-hydrogen) atoms. The van der Waals surface area contributed by atoms with E-state index in [-0.39, 0.29) is 12.1 Å². The van der Waals surface area contributed by atoms with E-state index < -0.39 is 5.60 Å². The number of amides is 1. The number of aromatic nitrogens is 1. The summed E-state index contributed by atoms with van der Waals surface area (Å²) in [6.07, 6.45) is 4.14. The Morgan fingerprint density at radius 1 is 1.25 bits per heavy atom. The van der Waals surface area contributed by atoms with Gasteiger partial charge in [0, 0.05) is 53.5 Å². The second-order valence-corrected chi connectivity index (χ2v) is 10.3. The van der Waals surface area contributed by atoms with Crippen molar-refractivity contribution in [3.8, 4) is 5.75 Å². The first-order valence-electron chi connectivity index (χ1n) is 12.1. The number of benzene rings is 2. The Bertz CT molecular complexity index is 1230. The third kappa shape index (κ3) is 5.88. The first-order chi connectivity index (χ1) is 17.2. The van der Waals surface area contributed by atoms with Crippen LogP contribution in [0, 0.1) is 0 Å². The third-order valence-electron chi connectivity index (χ3n) is 6.02. The van der Waals surface area contributed by atoms with Crippen molar-refractivity contribution in [2.24, 2.45) is 11.6 Å². The van der Waals surface area contributed by atoms with Gasteiger partial charge in [0.2, 0.25) is 0 Å². The van der Waals surface area contributed by atoms with Gasteiger partial charge in [-0.15, -0.1) is 0 Å². The van der Waals surface area contributed by atoms with Gasteiger partial charge in [0.1, 0.15) is 17.4 Å². The zero-order chi connectivity index (χ0) is 25.9. The number of fused-ring (bicyclic) bond motifs is 3. The maximum absolute atomic E-state index is 13.2. The van der Waals surface area contributed by atoms with Gasteiger partial charge in [0.05, 0.1) is 6.61 Å². The van der Waals surface area contributed by atoms with Crippen molar-refractivity contribution in [2.75, 3.05) is 19.7 Å². The van der Waals surface area contributed by atoms with Crippen LogP contribution in [0.3, 0.4) is 0 Å². The van der Waals surface area contributed by atoms with Crippen LogP contribution in [0.5, 0.6) is 5.75 Å². The number of nitrogens with zero attached hydrogens (tertiary/aromatic N) is 2. The lowest BCUT2D eigenvalue weighted by molar-refractivity contribution is 0.0175.